The SMILES string of the molecule is CCC(C)C(NC(=O)C(CCC(=O)O)NC(=O)C(N)CCC(=O)O)C(=O)NC(CC(=O)O)C(=O)O. The number of nitrogens with one attached hydrogen (secondary N) is 3. The molecule has 198 valence electrons. The van der Waals surface area contributed by atoms with E-state index in [0.29, 0.717) is 6.42 Å². The Kier molecular flexibility index (Phi) is 13.6. The maximum atomic E-state index is 12.9. The quantitative estimate of drug-likeness (QED) is 0.108. The van der Waals surface area contributed by atoms with Crippen LogP contribution in [0.2, 0.25) is 0 Å². The van der Waals surface area contributed by atoms with E-state index in [9.17, 15) is 33.6 Å². The fourth-order valence-corrected chi connectivity index (χ4v) is 2.82. The van der Waals surface area contributed by atoms with Crippen LogP contribution < -0.4 is 21.7 Å². The summed E-state index contributed by atoms with van der Waals surface area (Å²) in [4.78, 5) is 81.7. The van der Waals surface area contributed by atoms with E-state index in [4.69, 9.17) is 26.2 Å². The number of nitrogens with two attached hydrogens (primary N) is 1. The minimum absolute atomic E-state index is 0.244. The predicted octanol–water partition coefficient (Wildman–Crippen LogP) is -1.90. The first-order valence-electron chi connectivity index (χ1n) is 10.7. The normalized spacial score (nSPS) is 14.9. The lowest BCUT2D eigenvalue weighted by molar-refractivity contribution is -0.147. The number of hydrogen-bond donors (Lipinski definition) is 8. The molecule has 0 saturated heterocycles. The summed E-state index contributed by atoms with van der Waals surface area (Å²) in [6.45, 7) is 3.23. The Balaban J connectivity index is 5.62. The zero-order valence-corrected chi connectivity index (χ0v) is 19.4. The number of aliphatic carboxylic acids is 4. The van der Waals surface area contributed by atoms with Crippen molar-refractivity contribution in [2.75, 3.05) is 0 Å². The van der Waals surface area contributed by atoms with Crippen LogP contribution >= 0.6 is 0 Å². The fraction of sp³-hybridized carbons (Fsp3) is 0.650. The van der Waals surface area contributed by atoms with Crippen molar-refractivity contribution in [3.05, 3.63) is 0 Å². The van der Waals surface area contributed by atoms with E-state index in [2.05, 4.69) is 16.0 Å². The van der Waals surface area contributed by atoms with Gasteiger partial charge in [-0.25, -0.2) is 4.79 Å². The van der Waals surface area contributed by atoms with Gasteiger partial charge in [0.15, 0.2) is 0 Å². The van der Waals surface area contributed by atoms with Crippen LogP contribution in [-0.4, -0.2) is 86.2 Å². The van der Waals surface area contributed by atoms with Crippen molar-refractivity contribution < 1.29 is 54.0 Å². The molecule has 35 heavy (non-hydrogen) atoms. The molecule has 0 aliphatic rings. The van der Waals surface area contributed by atoms with Gasteiger partial charge in [0.2, 0.25) is 17.7 Å². The number of carbonyl (C=O) groups excluding carboxylic acids is 3. The van der Waals surface area contributed by atoms with Crippen LogP contribution in [0.1, 0.15) is 52.4 Å². The maximum Gasteiger partial charge on any atom is 0.326 e. The highest BCUT2D eigenvalue weighted by Crippen LogP contribution is 2.11. The summed E-state index contributed by atoms with van der Waals surface area (Å²) < 4.78 is 0. The molecular weight excluding hydrogens is 472 g/mol. The molecule has 0 rings (SSSR count). The first-order chi connectivity index (χ1) is 16.2. The zero-order chi connectivity index (χ0) is 27.3. The number of carbonyl (C=O) groups is 7. The van der Waals surface area contributed by atoms with Crippen LogP contribution in [0.25, 0.3) is 0 Å². The highest BCUT2D eigenvalue weighted by molar-refractivity contribution is 5.95. The fourth-order valence-electron chi connectivity index (χ4n) is 2.82. The van der Waals surface area contributed by atoms with Crippen molar-refractivity contribution in [1.29, 1.82) is 0 Å². The van der Waals surface area contributed by atoms with Gasteiger partial charge in [-0.1, -0.05) is 20.3 Å². The molecule has 0 radical (unpaired) electrons. The summed E-state index contributed by atoms with van der Waals surface area (Å²) >= 11 is 0. The minimum Gasteiger partial charge on any atom is -0.481 e. The van der Waals surface area contributed by atoms with Crippen LogP contribution in [0.5, 0.6) is 0 Å². The van der Waals surface area contributed by atoms with Gasteiger partial charge < -0.3 is 42.1 Å². The summed E-state index contributed by atoms with van der Waals surface area (Å²) in [5, 5.41) is 42.3. The summed E-state index contributed by atoms with van der Waals surface area (Å²) in [5.74, 6) is -8.96. The minimum atomic E-state index is -1.77. The van der Waals surface area contributed by atoms with Crippen molar-refractivity contribution in [3.8, 4) is 0 Å². The van der Waals surface area contributed by atoms with Crippen LogP contribution in [0.3, 0.4) is 0 Å². The average molecular weight is 504 g/mol. The molecule has 15 heteroatoms. The van der Waals surface area contributed by atoms with E-state index >= 15 is 0 Å². The Labute approximate surface area is 200 Å². The number of carboxylic acids is 4. The van der Waals surface area contributed by atoms with Gasteiger partial charge in [0.05, 0.1) is 12.5 Å². The monoisotopic (exact) mass is 504 g/mol. The van der Waals surface area contributed by atoms with Crippen molar-refractivity contribution >= 4 is 41.6 Å². The van der Waals surface area contributed by atoms with Gasteiger partial charge in [0.25, 0.3) is 0 Å². The van der Waals surface area contributed by atoms with Crippen molar-refractivity contribution in [3.63, 3.8) is 0 Å². The maximum absolute atomic E-state index is 12.9. The lowest BCUT2D eigenvalue weighted by Crippen LogP contribution is -2.58. The molecule has 0 aromatic rings. The molecule has 0 aromatic heterocycles. The molecule has 5 atom stereocenters. The van der Waals surface area contributed by atoms with Crippen LogP contribution in [0.15, 0.2) is 0 Å². The summed E-state index contributed by atoms with van der Waals surface area (Å²) in [6, 6.07) is -5.86. The molecule has 0 fully saturated rings. The van der Waals surface area contributed by atoms with Crippen LogP contribution in [0, 0.1) is 5.92 Å². The lowest BCUT2D eigenvalue weighted by atomic mass is 9.97. The Bertz CT molecular complexity index is 817. The Morgan fingerprint density at radius 3 is 1.69 bits per heavy atom. The average Bonchev–Trinajstić information content (AvgIpc) is 2.76. The topological polar surface area (TPSA) is 263 Å². The number of amides is 3. The molecule has 0 saturated carbocycles. The van der Waals surface area contributed by atoms with Gasteiger partial charge in [-0.15, -0.1) is 0 Å². The summed E-state index contributed by atoms with van der Waals surface area (Å²) in [5.41, 5.74) is 5.62. The summed E-state index contributed by atoms with van der Waals surface area (Å²) in [6.07, 6.45) is -2.16. The Morgan fingerprint density at radius 2 is 1.23 bits per heavy atom. The van der Waals surface area contributed by atoms with Crippen LogP contribution in [-0.2, 0) is 33.6 Å². The van der Waals surface area contributed by atoms with Gasteiger partial charge in [0, 0.05) is 12.8 Å². The van der Waals surface area contributed by atoms with E-state index in [0.717, 1.165) is 0 Å². The first kappa shape index (κ1) is 31.2. The molecule has 9 N–H and O–H groups in total. The first-order valence-corrected chi connectivity index (χ1v) is 10.7. The molecule has 5 unspecified atom stereocenters. The number of hydrogen-bond acceptors (Lipinski definition) is 8. The van der Waals surface area contributed by atoms with Gasteiger partial charge in [-0.05, 0) is 18.8 Å². The molecule has 0 spiro atoms. The predicted molar refractivity (Wildman–Crippen MR) is 117 cm³/mol. The van der Waals surface area contributed by atoms with E-state index in [1.807, 2.05) is 0 Å². The number of rotatable bonds is 17. The molecule has 0 heterocycles. The molecular formula is C20H32N4O11. The van der Waals surface area contributed by atoms with Gasteiger partial charge in [-0.3, -0.25) is 28.8 Å². The Hall–Kier alpha value is -3.75. The van der Waals surface area contributed by atoms with Gasteiger partial charge in [-0.2, -0.15) is 0 Å². The van der Waals surface area contributed by atoms with E-state index in [-0.39, 0.29) is 12.8 Å². The largest absolute Gasteiger partial charge is 0.481 e. The van der Waals surface area contributed by atoms with Crippen molar-refractivity contribution in [2.24, 2.45) is 11.7 Å². The molecule has 3 amide bonds. The molecule has 0 aliphatic heterocycles. The Morgan fingerprint density at radius 1 is 0.714 bits per heavy atom. The summed E-state index contributed by atoms with van der Waals surface area (Å²) in [7, 11) is 0. The second kappa shape index (κ2) is 15.2. The zero-order valence-electron chi connectivity index (χ0n) is 19.4. The van der Waals surface area contributed by atoms with E-state index in [1.54, 1.807) is 13.8 Å². The van der Waals surface area contributed by atoms with E-state index in [1.165, 1.54) is 0 Å². The molecule has 0 aliphatic carbocycles. The molecule has 0 aromatic carbocycles. The second-order valence-electron chi connectivity index (χ2n) is 7.90. The third-order valence-electron chi connectivity index (χ3n) is 5.07. The second-order valence-corrected chi connectivity index (χ2v) is 7.90. The van der Waals surface area contributed by atoms with Crippen molar-refractivity contribution in [1.82, 2.24) is 16.0 Å². The van der Waals surface area contributed by atoms with Crippen LogP contribution in [0.4, 0.5) is 0 Å². The van der Waals surface area contributed by atoms with E-state index < -0.39 is 90.9 Å². The lowest BCUT2D eigenvalue weighted by Gasteiger charge is -2.27. The highest BCUT2D eigenvalue weighted by Gasteiger charge is 2.33. The molecule has 0 bridgehead atoms. The standard InChI is InChI=1S/C20H32N4O11/c1-3-9(2)16(19(33)23-12(20(34)35)8-15(29)30)24-18(32)11(5-7-14(27)28)22-17(31)10(21)4-6-13(25)26/h9-12,16H,3-8,21H2,1-2H3,(H,22,31)(H,23,33)(H,24,32)(H,25,26)(H,27,28)(H,29,30)(H,34,35). The highest BCUT2D eigenvalue weighted by atomic mass is 16.4. The number of carboxylic acid groups (broad SMARTS) is 4. The third-order valence-corrected chi connectivity index (χ3v) is 5.07. The third kappa shape index (κ3) is 12.3. The molecule has 15 nitrogen and oxygen atoms in total. The van der Waals surface area contributed by atoms with Gasteiger partial charge >= 0.3 is 23.9 Å². The van der Waals surface area contributed by atoms with Crippen molar-refractivity contribution in [2.45, 2.75) is 76.5 Å². The van der Waals surface area contributed by atoms with Gasteiger partial charge in [0.1, 0.15) is 18.1 Å². The smallest absolute Gasteiger partial charge is 0.326 e.